The van der Waals surface area contributed by atoms with Gasteiger partial charge >= 0.3 is 0 Å². The molecule has 2 heterocycles. The standard InChI is InChI=1S/C6H7BrOS.C6H5BrOS/c2*1-4(8)5-2-6(7)9-3-5/h2-4,8H,1H3;2-3H,1H3. The predicted molar refractivity (Wildman–Crippen MR) is 84.7 cm³/mol. The van der Waals surface area contributed by atoms with E-state index in [9.17, 15) is 4.79 Å². The van der Waals surface area contributed by atoms with Gasteiger partial charge in [-0.25, -0.2) is 0 Å². The van der Waals surface area contributed by atoms with E-state index in [-0.39, 0.29) is 11.9 Å². The molecule has 0 aliphatic carbocycles. The van der Waals surface area contributed by atoms with Crippen LogP contribution in [0.3, 0.4) is 0 Å². The molecule has 0 amide bonds. The highest BCUT2D eigenvalue weighted by molar-refractivity contribution is 9.11. The van der Waals surface area contributed by atoms with Crippen molar-refractivity contribution < 1.29 is 9.90 Å². The van der Waals surface area contributed by atoms with Crippen molar-refractivity contribution in [3.8, 4) is 0 Å². The minimum absolute atomic E-state index is 0.122. The molecule has 2 nitrogen and oxygen atoms in total. The van der Waals surface area contributed by atoms with Crippen LogP contribution in [-0.2, 0) is 0 Å². The summed E-state index contributed by atoms with van der Waals surface area (Å²) in [5, 5.41) is 12.8. The third-order valence-electron chi connectivity index (χ3n) is 2.04. The Bertz CT molecular complexity index is 518. The number of aliphatic hydroxyl groups excluding tert-OH is 1. The third-order valence-corrected chi connectivity index (χ3v) is 5.07. The highest BCUT2D eigenvalue weighted by Gasteiger charge is 2.01. The van der Waals surface area contributed by atoms with Crippen molar-refractivity contribution in [2.24, 2.45) is 0 Å². The van der Waals surface area contributed by atoms with E-state index in [1.807, 2.05) is 22.9 Å². The molecule has 0 saturated carbocycles. The number of aliphatic hydroxyl groups is 1. The first-order valence-corrected chi connectivity index (χ1v) is 8.41. The largest absolute Gasteiger partial charge is 0.389 e. The number of thiophene rings is 2. The van der Waals surface area contributed by atoms with Crippen LogP contribution >= 0.6 is 54.5 Å². The lowest BCUT2D eigenvalue weighted by Crippen LogP contribution is -1.85. The van der Waals surface area contributed by atoms with Crippen LogP contribution in [0.4, 0.5) is 0 Å². The van der Waals surface area contributed by atoms with Crippen LogP contribution < -0.4 is 0 Å². The van der Waals surface area contributed by atoms with E-state index < -0.39 is 0 Å². The van der Waals surface area contributed by atoms with Crippen molar-refractivity contribution in [2.75, 3.05) is 0 Å². The van der Waals surface area contributed by atoms with Gasteiger partial charge in [0.05, 0.1) is 13.7 Å². The average Bonchev–Trinajstić information content (AvgIpc) is 2.88. The topological polar surface area (TPSA) is 37.3 Å². The Morgan fingerprint density at radius 3 is 2.00 bits per heavy atom. The number of carbonyl (C=O) groups excluding carboxylic acids is 1. The number of hydrogen-bond donors (Lipinski definition) is 1. The Morgan fingerprint density at radius 1 is 1.22 bits per heavy atom. The summed E-state index contributed by atoms with van der Waals surface area (Å²) in [7, 11) is 0. The Kier molecular flexibility index (Phi) is 6.73. The molecule has 0 fully saturated rings. The summed E-state index contributed by atoms with van der Waals surface area (Å²) in [6, 6.07) is 3.75. The van der Waals surface area contributed by atoms with Crippen LogP contribution in [0.1, 0.15) is 35.9 Å². The van der Waals surface area contributed by atoms with E-state index in [2.05, 4.69) is 31.9 Å². The molecule has 0 spiro atoms. The van der Waals surface area contributed by atoms with Gasteiger partial charge in [0.1, 0.15) is 0 Å². The van der Waals surface area contributed by atoms with E-state index in [4.69, 9.17) is 5.11 Å². The molecule has 1 atom stereocenters. The van der Waals surface area contributed by atoms with E-state index in [0.29, 0.717) is 0 Å². The predicted octanol–water partition coefficient (Wildman–Crippen LogP) is 5.28. The van der Waals surface area contributed by atoms with Crippen LogP contribution in [0.5, 0.6) is 0 Å². The number of ketones is 1. The first kappa shape index (κ1) is 16.0. The fraction of sp³-hybridized carbons (Fsp3) is 0.250. The molecule has 0 aliphatic heterocycles. The Labute approximate surface area is 131 Å². The molecule has 18 heavy (non-hydrogen) atoms. The quantitative estimate of drug-likeness (QED) is 0.682. The first-order chi connectivity index (χ1) is 8.40. The summed E-state index contributed by atoms with van der Waals surface area (Å²) >= 11 is 9.69. The molecule has 1 unspecified atom stereocenters. The van der Waals surface area contributed by atoms with Gasteiger partial charge in [0.15, 0.2) is 5.78 Å². The highest BCUT2D eigenvalue weighted by Crippen LogP contribution is 2.24. The smallest absolute Gasteiger partial charge is 0.160 e. The molecule has 6 heteroatoms. The fourth-order valence-corrected chi connectivity index (χ4v) is 3.50. The van der Waals surface area contributed by atoms with Gasteiger partial charge in [0.25, 0.3) is 0 Å². The maximum Gasteiger partial charge on any atom is 0.160 e. The number of rotatable bonds is 2. The van der Waals surface area contributed by atoms with Crippen molar-refractivity contribution in [1.82, 2.24) is 0 Å². The maximum atomic E-state index is 10.6. The highest BCUT2D eigenvalue weighted by atomic mass is 79.9. The van der Waals surface area contributed by atoms with Crippen molar-refractivity contribution in [3.63, 3.8) is 0 Å². The number of carbonyl (C=O) groups is 1. The molecule has 2 aromatic heterocycles. The van der Waals surface area contributed by atoms with Crippen LogP contribution in [0.2, 0.25) is 0 Å². The van der Waals surface area contributed by atoms with E-state index in [0.717, 1.165) is 18.7 Å². The Balaban J connectivity index is 0.000000180. The number of halogens is 2. The van der Waals surface area contributed by atoms with Crippen molar-refractivity contribution in [3.05, 3.63) is 41.6 Å². The molecule has 2 rings (SSSR count). The van der Waals surface area contributed by atoms with Crippen LogP contribution in [0, 0.1) is 0 Å². The number of Topliss-reactive ketones (excluding diaryl/α,β-unsaturated/α-hetero) is 1. The second kappa shape index (κ2) is 7.55. The fourth-order valence-electron chi connectivity index (χ4n) is 1.04. The molecule has 0 aromatic carbocycles. The summed E-state index contributed by atoms with van der Waals surface area (Å²) in [5.41, 5.74) is 1.76. The molecule has 1 N–H and O–H groups in total. The van der Waals surface area contributed by atoms with E-state index in [1.54, 1.807) is 25.2 Å². The van der Waals surface area contributed by atoms with Gasteiger partial charge in [-0.3, -0.25) is 4.79 Å². The molecule has 0 bridgehead atoms. The first-order valence-electron chi connectivity index (χ1n) is 5.07. The lowest BCUT2D eigenvalue weighted by Gasteiger charge is -1.95. The second-order valence-electron chi connectivity index (χ2n) is 3.56. The monoisotopic (exact) mass is 410 g/mol. The number of hydrogen-bond acceptors (Lipinski definition) is 4. The minimum Gasteiger partial charge on any atom is -0.389 e. The van der Waals surface area contributed by atoms with E-state index in [1.165, 1.54) is 11.3 Å². The normalized spacial score (nSPS) is 11.6. The van der Waals surface area contributed by atoms with Gasteiger partial charge in [0.2, 0.25) is 0 Å². The van der Waals surface area contributed by atoms with Crippen molar-refractivity contribution >= 4 is 60.3 Å². The summed E-state index contributed by atoms with van der Waals surface area (Å²) in [5.74, 6) is 0.122. The molecule has 0 radical (unpaired) electrons. The average molecular weight is 412 g/mol. The third kappa shape index (κ3) is 5.32. The lowest BCUT2D eigenvalue weighted by molar-refractivity contribution is 0.101. The zero-order valence-corrected chi connectivity index (χ0v) is 14.6. The van der Waals surface area contributed by atoms with Gasteiger partial charge in [-0.05, 0) is 68.8 Å². The minimum atomic E-state index is -0.340. The maximum absolute atomic E-state index is 10.6. The SMILES string of the molecule is CC(=O)c1csc(Br)c1.CC(O)c1csc(Br)c1. The van der Waals surface area contributed by atoms with Crippen LogP contribution in [0.15, 0.2) is 30.5 Å². The zero-order chi connectivity index (χ0) is 13.7. The van der Waals surface area contributed by atoms with Gasteiger partial charge in [-0.2, -0.15) is 0 Å². The van der Waals surface area contributed by atoms with Crippen LogP contribution in [-0.4, -0.2) is 10.9 Å². The zero-order valence-electron chi connectivity index (χ0n) is 9.81. The Morgan fingerprint density at radius 2 is 1.78 bits per heavy atom. The molecule has 0 saturated heterocycles. The van der Waals surface area contributed by atoms with Gasteiger partial charge in [0, 0.05) is 10.9 Å². The molecular formula is C12H12Br2O2S2. The van der Waals surface area contributed by atoms with E-state index >= 15 is 0 Å². The van der Waals surface area contributed by atoms with Crippen molar-refractivity contribution in [1.29, 1.82) is 0 Å². The molecule has 98 valence electrons. The molecule has 0 aliphatic rings. The summed E-state index contributed by atoms with van der Waals surface area (Å²) < 4.78 is 2.08. The summed E-state index contributed by atoms with van der Waals surface area (Å²) in [4.78, 5) is 10.6. The summed E-state index contributed by atoms with van der Waals surface area (Å²) in [6.45, 7) is 3.32. The molecular weight excluding hydrogens is 400 g/mol. The van der Waals surface area contributed by atoms with Crippen LogP contribution in [0.25, 0.3) is 0 Å². The van der Waals surface area contributed by atoms with Gasteiger partial charge in [-0.15, -0.1) is 22.7 Å². The summed E-state index contributed by atoms with van der Waals surface area (Å²) in [6.07, 6.45) is -0.340. The van der Waals surface area contributed by atoms with Crippen molar-refractivity contribution in [2.45, 2.75) is 20.0 Å². The van der Waals surface area contributed by atoms with Gasteiger partial charge in [-0.1, -0.05) is 0 Å². The Hall–Kier alpha value is -0.0100. The molecule has 2 aromatic rings. The van der Waals surface area contributed by atoms with Gasteiger partial charge < -0.3 is 5.11 Å². The lowest BCUT2D eigenvalue weighted by atomic mass is 10.2. The second-order valence-corrected chi connectivity index (χ2v) is 8.14.